The number of allylic oxidation sites excluding steroid dienone is 1. The van der Waals surface area contributed by atoms with Crippen molar-refractivity contribution >= 4 is 6.08 Å². The molecule has 0 aromatic heterocycles. The third kappa shape index (κ3) is 4.04. The van der Waals surface area contributed by atoms with Crippen LogP contribution < -0.4 is 0 Å². The van der Waals surface area contributed by atoms with Gasteiger partial charge in [0.1, 0.15) is 17.5 Å². The molecule has 0 aliphatic rings. The molecule has 0 atom stereocenters. The van der Waals surface area contributed by atoms with Crippen molar-refractivity contribution < 1.29 is 13.2 Å². The van der Waals surface area contributed by atoms with Gasteiger partial charge in [0, 0.05) is 5.56 Å². The Morgan fingerprint density at radius 1 is 0.786 bits per heavy atom. The lowest BCUT2D eigenvalue weighted by molar-refractivity contribution is 0.623. The van der Waals surface area contributed by atoms with Crippen LogP contribution in [0.4, 0.5) is 13.2 Å². The van der Waals surface area contributed by atoms with E-state index in [9.17, 15) is 13.2 Å². The Bertz CT molecular complexity index is 1030. The molecule has 3 rings (SSSR count). The van der Waals surface area contributed by atoms with Gasteiger partial charge in [-0.2, -0.15) is 0 Å². The molecule has 0 spiro atoms. The SMILES string of the molecule is C/C=C/c1c(-c2cc(C)ccc2F)cc(F)cc1-c1cc(F)ccc1CCC. The third-order valence-electron chi connectivity index (χ3n) is 4.77. The molecule has 0 radical (unpaired) electrons. The third-order valence-corrected chi connectivity index (χ3v) is 4.77. The predicted octanol–water partition coefficient (Wildman–Crippen LogP) is 7.73. The number of benzene rings is 3. The van der Waals surface area contributed by atoms with Crippen LogP contribution in [0.3, 0.4) is 0 Å². The fourth-order valence-electron chi connectivity index (χ4n) is 3.54. The molecule has 0 aliphatic heterocycles. The Hall–Kier alpha value is -2.81. The molecule has 3 aromatic rings. The molecule has 3 heteroatoms. The van der Waals surface area contributed by atoms with E-state index in [-0.39, 0.29) is 5.82 Å². The van der Waals surface area contributed by atoms with E-state index in [0.29, 0.717) is 27.8 Å². The molecular formula is C25H23F3. The molecule has 0 bridgehead atoms. The molecule has 28 heavy (non-hydrogen) atoms. The first kappa shape index (κ1) is 19.9. The van der Waals surface area contributed by atoms with Gasteiger partial charge in [0.25, 0.3) is 0 Å². The van der Waals surface area contributed by atoms with Crippen LogP contribution in [0.5, 0.6) is 0 Å². The van der Waals surface area contributed by atoms with E-state index >= 15 is 0 Å². The molecule has 0 heterocycles. The number of aryl methyl sites for hydroxylation is 2. The van der Waals surface area contributed by atoms with Crippen LogP contribution in [0.15, 0.2) is 54.6 Å². The molecule has 0 unspecified atom stereocenters. The zero-order chi connectivity index (χ0) is 20.3. The van der Waals surface area contributed by atoms with Crippen molar-refractivity contribution in [2.45, 2.75) is 33.6 Å². The van der Waals surface area contributed by atoms with Crippen molar-refractivity contribution in [1.82, 2.24) is 0 Å². The number of hydrogen-bond donors (Lipinski definition) is 0. The molecule has 0 amide bonds. The summed E-state index contributed by atoms with van der Waals surface area (Å²) in [7, 11) is 0. The highest BCUT2D eigenvalue weighted by molar-refractivity contribution is 5.87. The molecule has 0 saturated heterocycles. The topological polar surface area (TPSA) is 0 Å². The molecule has 0 saturated carbocycles. The first-order chi connectivity index (χ1) is 13.4. The lowest BCUT2D eigenvalue weighted by atomic mass is 9.88. The summed E-state index contributed by atoms with van der Waals surface area (Å²) in [5, 5.41) is 0. The van der Waals surface area contributed by atoms with Crippen LogP contribution in [0.2, 0.25) is 0 Å². The highest BCUT2D eigenvalue weighted by atomic mass is 19.1. The second-order valence-corrected chi connectivity index (χ2v) is 6.95. The Morgan fingerprint density at radius 3 is 2.14 bits per heavy atom. The molecule has 144 valence electrons. The van der Waals surface area contributed by atoms with Crippen LogP contribution in [0.25, 0.3) is 28.3 Å². The smallest absolute Gasteiger partial charge is 0.131 e. The monoisotopic (exact) mass is 380 g/mol. The maximum atomic E-state index is 14.6. The Kier molecular flexibility index (Phi) is 6.03. The van der Waals surface area contributed by atoms with Gasteiger partial charge in [0.05, 0.1) is 0 Å². The minimum Gasteiger partial charge on any atom is -0.207 e. The fourth-order valence-corrected chi connectivity index (χ4v) is 3.54. The summed E-state index contributed by atoms with van der Waals surface area (Å²) < 4.78 is 43.3. The van der Waals surface area contributed by atoms with Crippen LogP contribution in [-0.2, 0) is 6.42 Å². The van der Waals surface area contributed by atoms with E-state index in [1.165, 1.54) is 30.3 Å². The van der Waals surface area contributed by atoms with Gasteiger partial charge in [-0.15, -0.1) is 0 Å². The van der Waals surface area contributed by atoms with Crippen molar-refractivity contribution in [3.63, 3.8) is 0 Å². The Morgan fingerprint density at radius 2 is 1.46 bits per heavy atom. The van der Waals surface area contributed by atoms with Gasteiger partial charge in [-0.25, -0.2) is 13.2 Å². The largest absolute Gasteiger partial charge is 0.207 e. The maximum Gasteiger partial charge on any atom is 0.131 e. The number of rotatable bonds is 5. The lowest BCUT2D eigenvalue weighted by Crippen LogP contribution is -1.98. The maximum absolute atomic E-state index is 14.6. The summed E-state index contributed by atoms with van der Waals surface area (Å²) in [5.74, 6) is -1.28. The molecule has 0 fully saturated rings. The average Bonchev–Trinajstić information content (AvgIpc) is 2.66. The first-order valence-corrected chi connectivity index (χ1v) is 9.46. The van der Waals surface area contributed by atoms with E-state index in [1.54, 1.807) is 18.2 Å². The first-order valence-electron chi connectivity index (χ1n) is 9.46. The van der Waals surface area contributed by atoms with Gasteiger partial charge in [-0.1, -0.05) is 43.2 Å². The van der Waals surface area contributed by atoms with Crippen molar-refractivity contribution in [1.29, 1.82) is 0 Å². The van der Waals surface area contributed by atoms with E-state index in [4.69, 9.17) is 0 Å². The second-order valence-electron chi connectivity index (χ2n) is 6.95. The van der Waals surface area contributed by atoms with Gasteiger partial charge in [0.2, 0.25) is 0 Å². The van der Waals surface area contributed by atoms with Crippen LogP contribution >= 0.6 is 0 Å². The highest BCUT2D eigenvalue weighted by Gasteiger charge is 2.17. The molecule has 3 aromatic carbocycles. The van der Waals surface area contributed by atoms with Crippen LogP contribution in [0, 0.1) is 24.4 Å². The van der Waals surface area contributed by atoms with E-state index in [2.05, 4.69) is 0 Å². The number of halogens is 3. The second kappa shape index (κ2) is 8.47. The van der Waals surface area contributed by atoms with E-state index in [0.717, 1.165) is 24.0 Å². The van der Waals surface area contributed by atoms with Gasteiger partial charge in [-0.3, -0.25) is 0 Å². The standard InChI is InChI=1S/C25H23F3/c1-4-6-17-9-10-18(26)13-21(17)22-14-19(27)15-23(20(22)7-5-2)24-12-16(3)8-11-25(24)28/h5,7-15H,4,6H2,1-3H3/b7-5+. The summed E-state index contributed by atoms with van der Waals surface area (Å²) in [6.07, 6.45) is 5.28. The Labute approximate surface area is 164 Å². The van der Waals surface area contributed by atoms with Gasteiger partial charge < -0.3 is 0 Å². The van der Waals surface area contributed by atoms with Crippen LogP contribution in [0.1, 0.15) is 37.0 Å². The summed E-state index contributed by atoms with van der Waals surface area (Å²) in [4.78, 5) is 0. The molecule has 0 nitrogen and oxygen atoms in total. The van der Waals surface area contributed by atoms with Gasteiger partial charge >= 0.3 is 0 Å². The molecule has 0 N–H and O–H groups in total. The number of hydrogen-bond acceptors (Lipinski definition) is 0. The predicted molar refractivity (Wildman–Crippen MR) is 111 cm³/mol. The summed E-state index contributed by atoms with van der Waals surface area (Å²) >= 11 is 0. The molecular weight excluding hydrogens is 357 g/mol. The zero-order valence-corrected chi connectivity index (χ0v) is 16.3. The lowest BCUT2D eigenvalue weighted by Gasteiger charge is -2.17. The quantitative estimate of drug-likeness (QED) is 0.425. The Balaban J connectivity index is 2.37. The summed E-state index contributed by atoms with van der Waals surface area (Å²) in [5.41, 5.74) is 4.50. The summed E-state index contributed by atoms with van der Waals surface area (Å²) in [6, 6.07) is 12.1. The fraction of sp³-hybridized carbons (Fsp3) is 0.200. The average molecular weight is 380 g/mol. The van der Waals surface area contributed by atoms with Gasteiger partial charge in [-0.05, 0) is 84.5 Å². The van der Waals surface area contributed by atoms with Crippen molar-refractivity contribution in [3.05, 3.63) is 88.7 Å². The van der Waals surface area contributed by atoms with Crippen molar-refractivity contribution in [2.75, 3.05) is 0 Å². The van der Waals surface area contributed by atoms with Crippen LogP contribution in [-0.4, -0.2) is 0 Å². The zero-order valence-electron chi connectivity index (χ0n) is 16.3. The summed E-state index contributed by atoms with van der Waals surface area (Å²) in [6.45, 7) is 5.76. The molecule has 0 aliphatic carbocycles. The normalized spacial score (nSPS) is 11.4. The minimum absolute atomic E-state index is 0.335. The van der Waals surface area contributed by atoms with Crippen molar-refractivity contribution in [3.8, 4) is 22.3 Å². The van der Waals surface area contributed by atoms with Crippen molar-refractivity contribution in [2.24, 2.45) is 0 Å². The van der Waals surface area contributed by atoms with E-state index in [1.807, 2.05) is 32.9 Å². The van der Waals surface area contributed by atoms with E-state index < -0.39 is 11.6 Å². The minimum atomic E-state index is -0.481. The highest BCUT2D eigenvalue weighted by Crippen LogP contribution is 2.38. The van der Waals surface area contributed by atoms with Gasteiger partial charge in [0.15, 0.2) is 0 Å².